The van der Waals surface area contributed by atoms with E-state index in [-0.39, 0.29) is 23.9 Å². The molecule has 1 aromatic heterocycles. The minimum absolute atomic E-state index is 0.117. The summed E-state index contributed by atoms with van der Waals surface area (Å²) in [7, 11) is 0. The van der Waals surface area contributed by atoms with Crippen LogP contribution in [0.25, 0.3) is 0 Å². The van der Waals surface area contributed by atoms with Gasteiger partial charge in [-0.1, -0.05) is 36.4 Å². The molecule has 1 saturated carbocycles. The number of aromatic nitrogens is 1. The Morgan fingerprint density at radius 1 is 0.889 bits per heavy atom. The molecule has 1 aromatic carbocycles. The molecule has 1 atom stereocenters. The van der Waals surface area contributed by atoms with E-state index in [1.54, 1.807) is 0 Å². The first kappa shape index (κ1) is 30.0. The highest BCUT2D eigenvalue weighted by Crippen LogP contribution is 2.49. The molecule has 7 rings (SSSR count). The molecule has 45 heavy (non-hydrogen) atoms. The molecule has 10 heteroatoms. The van der Waals surface area contributed by atoms with E-state index < -0.39 is 5.41 Å². The van der Waals surface area contributed by atoms with Gasteiger partial charge in [0, 0.05) is 45.2 Å². The van der Waals surface area contributed by atoms with Crippen LogP contribution >= 0.6 is 0 Å². The molecular weight excluding hydrogens is 568 g/mol. The van der Waals surface area contributed by atoms with Crippen molar-refractivity contribution in [2.45, 2.75) is 70.4 Å². The van der Waals surface area contributed by atoms with E-state index in [4.69, 9.17) is 9.72 Å². The molecule has 5 heterocycles. The molecule has 4 saturated heterocycles. The molecule has 5 fully saturated rings. The Balaban J connectivity index is 0.818. The Bertz CT molecular complexity index is 1380. The van der Waals surface area contributed by atoms with Gasteiger partial charge in [0.05, 0.1) is 5.41 Å². The van der Waals surface area contributed by atoms with Gasteiger partial charge in [0.1, 0.15) is 18.2 Å². The number of anilines is 2. The van der Waals surface area contributed by atoms with Crippen LogP contribution in [0.2, 0.25) is 0 Å². The van der Waals surface area contributed by atoms with Gasteiger partial charge >= 0.3 is 6.09 Å². The Morgan fingerprint density at radius 2 is 1.62 bits per heavy atom. The summed E-state index contributed by atoms with van der Waals surface area (Å²) in [6.07, 6.45) is 8.43. The fourth-order valence-electron chi connectivity index (χ4n) is 8.36. The number of likely N-dealkylation sites (tertiary alicyclic amines) is 1. The van der Waals surface area contributed by atoms with Crippen LogP contribution in [0, 0.1) is 16.7 Å². The standard InChI is InChI=1S/C35H46N6O4/c42-31-9-12-35(32(43)38-31)15-20-41(25-35)30-8-4-7-29(37-30)40-16-10-26(11-17-40)23-39-18-13-34(14-19-39)21-28(22-34)36-33(44)45-24-27-5-2-1-3-6-27/h1-8,26,28H,9-25H2,(H,36,44)(H,38,42,43). The zero-order valence-corrected chi connectivity index (χ0v) is 26.2. The lowest BCUT2D eigenvalue weighted by Crippen LogP contribution is -2.55. The van der Waals surface area contributed by atoms with Gasteiger partial charge < -0.3 is 24.8 Å². The van der Waals surface area contributed by atoms with E-state index in [0.717, 1.165) is 69.2 Å². The fourth-order valence-corrected chi connectivity index (χ4v) is 8.36. The number of carbonyl (C=O) groups excluding carboxylic acids is 3. The predicted octanol–water partition coefficient (Wildman–Crippen LogP) is 4.10. The van der Waals surface area contributed by atoms with Crippen molar-refractivity contribution >= 4 is 29.5 Å². The highest BCUT2D eigenvalue weighted by Gasteiger charge is 2.48. The zero-order valence-electron chi connectivity index (χ0n) is 26.2. The number of pyridine rings is 1. The van der Waals surface area contributed by atoms with Crippen LogP contribution in [0.4, 0.5) is 16.4 Å². The second kappa shape index (κ2) is 12.6. The van der Waals surface area contributed by atoms with Gasteiger partial charge in [-0.3, -0.25) is 14.9 Å². The van der Waals surface area contributed by atoms with Crippen molar-refractivity contribution in [1.82, 2.24) is 20.5 Å². The van der Waals surface area contributed by atoms with Crippen molar-refractivity contribution in [3.05, 3.63) is 54.1 Å². The molecule has 2 N–H and O–H groups in total. The average Bonchev–Trinajstić information content (AvgIpc) is 3.49. The van der Waals surface area contributed by atoms with Crippen LogP contribution in [0.5, 0.6) is 0 Å². The van der Waals surface area contributed by atoms with Crippen molar-refractivity contribution in [1.29, 1.82) is 0 Å². The molecular formula is C35H46N6O4. The first-order chi connectivity index (χ1) is 21.9. The number of amides is 3. The van der Waals surface area contributed by atoms with Gasteiger partial charge in [0.15, 0.2) is 0 Å². The van der Waals surface area contributed by atoms with Gasteiger partial charge in [0.25, 0.3) is 0 Å². The lowest BCUT2D eigenvalue weighted by Gasteiger charge is -2.52. The quantitative estimate of drug-likeness (QED) is 0.449. The summed E-state index contributed by atoms with van der Waals surface area (Å²) >= 11 is 0. The SMILES string of the molecule is O=C1CCC2(CCN(c3cccc(N4CCC(CN5CCC6(CC5)CC(NC(=O)OCc5ccccc5)C6)CC4)n3)C2)C(=O)N1. The molecule has 1 aliphatic carbocycles. The monoisotopic (exact) mass is 614 g/mol. The van der Waals surface area contributed by atoms with E-state index >= 15 is 0 Å². The minimum Gasteiger partial charge on any atom is -0.445 e. The summed E-state index contributed by atoms with van der Waals surface area (Å²) in [5.41, 5.74) is 0.929. The van der Waals surface area contributed by atoms with Gasteiger partial charge in [-0.05, 0) is 93.5 Å². The van der Waals surface area contributed by atoms with Crippen LogP contribution in [-0.4, -0.2) is 79.6 Å². The normalized spacial score (nSPS) is 25.8. The van der Waals surface area contributed by atoms with Crippen LogP contribution < -0.4 is 20.4 Å². The molecule has 3 amide bonds. The number of imide groups is 1. The summed E-state index contributed by atoms with van der Waals surface area (Å²) in [6, 6.07) is 16.3. The van der Waals surface area contributed by atoms with Crippen LogP contribution in [0.1, 0.15) is 63.4 Å². The molecule has 10 nitrogen and oxygen atoms in total. The molecule has 240 valence electrons. The highest BCUT2D eigenvalue weighted by molar-refractivity contribution is 6.01. The Morgan fingerprint density at radius 3 is 2.36 bits per heavy atom. The Labute approximate surface area is 265 Å². The first-order valence-electron chi connectivity index (χ1n) is 16.9. The highest BCUT2D eigenvalue weighted by atomic mass is 16.5. The number of benzene rings is 1. The number of ether oxygens (including phenoxy) is 1. The lowest BCUT2D eigenvalue weighted by molar-refractivity contribution is -0.140. The van der Waals surface area contributed by atoms with Crippen molar-refractivity contribution in [2.75, 3.05) is 55.6 Å². The molecule has 0 radical (unpaired) electrons. The topological polar surface area (TPSA) is 107 Å². The fraction of sp³-hybridized carbons (Fsp3) is 0.600. The maximum atomic E-state index is 12.6. The lowest BCUT2D eigenvalue weighted by atomic mass is 9.60. The van der Waals surface area contributed by atoms with E-state index in [2.05, 4.69) is 37.5 Å². The smallest absolute Gasteiger partial charge is 0.407 e. The second-order valence-electron chi connectivity index (χ2n) is 14.2. The first-order valence-corrected chi connectivity index (χ1v) is 16.9. The van der Waals surface area contributed by atoms with E-state index in [0.29, 0.717) is 37.3 Å². The summed E-state index contributed by atoms with van der Waals surface area (Å²) in [6.45, 7) is 7.23. The summed E-state index contributed by atoms with van der Waals surface area (Å²) < 4.78 is 5.41. The van der Waals surface area contributed by atoms with Gasteiger partial charge in [0.2, 0.25) is 11.8 Å². The average molecular weight is 615 g/mol. The Hall–Kier alpha value is -3.66. The second-order valence-corrected chi connectivity index (χ2v) is 14.2. The summed E-state index contributed by atoms with van der Waals surface area (Å²) in [4.78, 5) is 48.9. The number of rotatable bonds is 7. The van der Waals surface area contributed by atoms with Crippen LogP contribution in [-0.2, 0) is 20.9 Å². The maximum Gasteiger partial charge on any atom is 0.407 e. The maximum absolute atomic E-state index is 12.6. The largest absolute Gasteiger partial charge is 0.445 e. The molecule has 2 spiro atoms. The van der Waals surface area contributed by atoms with Crippen molar-refractivity contribution in [2.24, 2.45) is 16.7 Å². The zero-order chi connectivity index (χ0) is 30.9. The number of hydrogen-bond donors (Lipinski definition) is 2. The van der Waals surface area contributed by atoms with Crippen molar-refractivity contribution in [3.8, 4) is 0 Å². The number of nitrogens with one attached hydrogen (secondary N) is 2. The van der Waals surface area contributed by atoms with Crippen molar-refractivity contribution < 1.29 is 19.1 Å². The third kappa shape index (κ3) is 6.66. The number of carbonyl (C=O) groups is 3. The van der Waals surface area contributed by atoms with E-state index in [1.807, 2.05) is 36.4 Å². The molecule has 5 aliphatic rings. The number of alkyl carbamates (subject to hydrolysis) is 1. The molecule has 1 unspecified atom stereocenters. The number of piperidine rings is 3. The van der Waals surface area contributed by atoms with Gasteiger partial charge in [-0.15, -0.1) is 0 Å². The van der Waals surface area contributed by atoms with Crippen molar-refractivity contribution in [3.63, 3.8) is 0 Å². The summed E-state index contributed by atoms with van der Waals surface area (Å²) in [5.74, 6) is 2.38. The molecule has 2 aromatic rings. The summed E-state index contributed by atoms with van der Waals surface area (Å²) in [5, 5.41) is 5.63. The number of hydrogen-bond acceptors (Lipinski definition) is 8. The van der Waals surface area contributed by atoms with Crippen LogP contribution in [0.15, 0.2) is 48.5 Å². The third-order valence-electron chi connectivity index (χ3n) is 11.2. The van der Waals surface area contributed by atoms with Gasteiger partial charge in [-0.2, -0.15) is 0 Å². The molecule has 4 aliphatic heterocycles. The van der Waals surface area contributed by atoms with E-state index in [9.17, 15) is 14.4 Å². The predicted molar refractivity (Wildman–Crippen MR) is 172 cm³/mol. The third-order valence-corrected chi connectivity index (χ3v) is 11.2. The van der Waals surface area contributed by atoms with Gasteiger partial charge in [-0.25, -0.2) is 9.78 Å². The minimum atomic E-state index is -0.466. The van der Waals surface area contributed by atoms with E-state index in [1.165, 1.54) is 32.2 Å². The number of nitrogens with zero attached hydrogens (tertiary/aromatic N) is 4. The Kier molecular flexibility index (Phi) is 8.42. The van der Waals surface area contributed by atoms with Crippen LogP contribution in [0.3, 0.4) is 0 Å². The molecule has 0 bridgehead atoms.